The molecule has 83 heavy (non-hydrogen) atoms. The second-order valence-corrected chi connectivity index (χ2v) is 26.1. The van der Waals surface area contributed by atoms with Gasteiger partial charge in [-0.15, -0.1) is 34.0 Å². The van der Waals surface area contributed by atoms with Crippen molar-refractivity contribution in [1.82, 2.24) is 15.0 Å². The van der Waals surface area contributed by atoms with Crippen molar-refractivity contribution >= 4 is 87.4 Å². The summed E-state index contributed by atoms with van der Waals surface area (Å²) in [4.78, 5) is 54.1. The molecule has 0 atom stereocenters. The quantitative estimate of drug-likeness (QED) is 0.118. The highest BCUT2D eigenvalue weighted by Gasteiger charge is 2.26. The average Bonchev–Trinajstić information content (AvgIpc) is 3.73. The molecule has 6 aromatic heterocycles. The molecule has 0 spiro atoms. The lowest BCUT2D eigenvalue weighted by molar-refractivity contribution is 0.350. The molecule has 426 valence electrons. The third-order valence-electron chi connectivity index (χ3n) is 17.2. The van der Waals surface area contributed by atoms with Crippen molar-refractivity contribution in [3.8, 4) is 49.0 Å². The predicted octanol–water partition coefficient (Wildman–Crippen LogP) is 17.4. The van der Waals surface area contributed by atoms with Crippen LogP contribution in [0.5, 0.6) is 17.2 Å². The van der Waals surface area contributed by atoms with Gasteiger partial charge in [0.2, 0.25) is 16.3 Å². The number of para-hydroxylation sites is 2. The van der Waals surface area contributed by atoms with Gasteiger partial charge in [0.05, 0.1) is 53.3 Å². The Balaban J connectivity index is 0.000000123. The number of benzene rings is 5. The first-order valence-electron chi connectivity index (χ1n) is 29.5. The zero-order chi connectivity index (χ0) is 57.1. The summed E-state index contributed by atoms with van der Waals surface area (Å²) in [5.74, 6) is 2.37. The van der Waals surface area contributed by atoms with Gasteiger partial charge in [0.25, 0.3) is 0 Å². The minimum Gasteiger partial charge on any atom is -0.508 e. The van der Waals surface area contributed by atoms with Crippen LogP contribution >= 0.6 is 34.0 Å². The number of nitrogens with zero attached hydrogens (tertiary/aromatic N) is 3. The van der Waals surface area contributed by atoms with E-state index in [0.29, 0.717) is 94.5 Å². The van der Waals surface area contributed by atoms with E-state index in [1.54, 1.807) is 36.5 Å². The average molecular weight is 1170 g/mol. The summed E-state index contributed by atoms with van der Waals surface area (Å²) < 4.78 is 19.9. The fourth-order valence-corrected chi connectivity index (χ4v) is 15.4. The van der Waals surface area contributed by atoms with E-state index in [0.717, 1.165) is 66.8 Å². The van der Waals surface area contributed by atoms with Crippen molar-refractivity contribution in [3.05, 3.63) is 162 Å². The van der Waals surface area contributed by atoms with E-state index in [1.165, 1.54) is 149 Å². The van der Waals surface area contributed by atoms with Crippen molar-refractivity contribution in [2.24, 2.45) is 17.8 Å². The molecule has 11 aromatic rings. The van der Waals surface area contributed by atoms with Crippen molar-refractivity contribution in [3.63, 3.8) is 0 Å². The van der Waals surface area contributed by atoms with E-state index < -0.39 is 0 Å². The molecule has 0 amide bonds. The fourth-order valence-electron chi connectivity index (χ4n) is 12.7. The highest BCUT2D eigenvalue weighted by molar-refractivity contribution is 7.22. The van der Waals surface area contributed by atoms with E-state index in [-0.39, 0.29) is 27.8 Å². The lowest BCUT2D eigenvalue weighted by atomic mass is 9.83. The first kappa shape index (κ1) is 56.0. The van der Waals surface area contributed by atoms with E-state index in [9.17, 15) is 29.7 Å². The highest BCUT2D eigenvalue weighted by Crippen LogP contribution is 2.40. The molecule has 3 aliphatic carbocycles. The Bertz CT molecular complexity index is 4080. The van der Waals surface area contributed by atoms with E-state index in [1.807, 2.05) is 62.4 Å². The lowest BCUT2D eigenvalue weighted by Gasteiger charge is -2.23. The summed E-state index contributed by atoms with van der Waals surface area (Å²) in [6.45, 7) is 3.97. The first-order chi connectivity index (χ1) is 40.5. The number of aromatic nitrogens is 3. The van der Waals surface area contributed by atoms with Crippen LogP contribution in [0, 0.1) is 24.7 Å². The molecule has 6 heterocycles. The van der Waals surface area contributed by atoms with Gasteiger partial charge in [-0.1, -0.05) is 128 Å². The smallest absolute Gasteiger partial charge is 0.202 e. The van der Waals surface area contributed by atoms with Crippen LogP contribution in [0.1, 0.15) is 130 Å². The molecule has 3 saturated carbocycles. The monoisotopic (exact) mass is 1170 g/mol. The zero-order valence-corrected chi connectivity index (χ0v) is 49.3. The molecule has 14 rings (SSSR count). The number of phenols is 3. The van der Waals surface area contributed by atoms with E-state index in [4.69, 9.17) is 13.3 Å². The highest BCUT2D eigenvalue weighted by atomic mass is 32.1. The van der Waals surface area contributed by atoms with Gasteiger partial charge in [0.1, 0.15) is 67.8 Å². The first-order valence-corrected chi connectivity index (χ1v) is 31.9. The van der Waals surface area contributed by atoms with E-state index in [2.05, 4.69) is 15.0 Å². The molecule has 12 nitrogen and oxygen atoms in total. The Morgan fingerprint density at radius 1 is 0.494 bits per heavy atom. The molecule has 0 unspecified atom stereocenters. The van der Waals surface area contributed by atoms with Gasteiger partial charge in [-0.2, -0.15) is 0 Å². The van der Waals surface area contributed by atoms with Crippen LogP contribution in [-0.4, -0.2) is 30.3 Å². The third-order valence-corrected chi connectivity index (χ3v) is 20.3. The van der Waals surface area contributed by atoms with E-state index >= 15 is 0 Å². The number of aryl methyl sites for hydroxylation is 2. The molecule has 0 saturated heterocycles. The van der Waals surface area contributed by atoms with Gasteiger partial charge in [0.15, 0.2) is 0 Å². The van der Waals surface area contributed by atoms with Crippen LogP contribution in [0.2, 0.25) is 0 Å². The minimum atomic E-state index is -0.0924. The molecule has 3 aliphatic rings. The van der Waals surface area contributed by atoms with Crippen LogP contribution in [0.15, 0.2) is 131 Å². The number of hydrogen-bond donors (Lipinski definition) is 3. The molecule has 3 N–H and O–H groups in total. The maximum Gasteiger partial charge on any atom is 0.202 e. The number of rotatable bonds is 10. The number of aromatic hydroxyl groups is 3. The molecule has 0 aliphatic heterocycles. The Morgan fingerprint density at radius 2 is 0.904 bits per heavy atom. The standard InChI is InChI=1S/2C23H21NO3S.C22H25NO3S/c2*25-19-11-10-15-21(26)17(23-24-18-8-4-5-9-20(18)28-23)13-27-22(15)16(19)12-14-6-2-1-3-7-14;1-3-15-10-17-20(25)18(22-23-11-13(2)27-22)12-26-21(17)16(19(15)24)9-14-7-5-4-6-8-14/h2*4-5,8-11,13-14,25H,1-3,6-7,12H2;10-12,14,24H,3-9H2,1-2H3. The topological polar surface area (TPSA) is 190 Å². The van der Waals surface area contributed by atoms with Gasteiger partial charge in [0, 0.05) is 27.8 Å². The van der Waals surface area contributed by atoms with Crippen LogP contribution in [-0.2, 0) is 25.7 Å². The van der Waals surface area contributed by atoms with Crippen molar-refractivity contribution in [2.75, 3.05) is 0 Å². The van der Waals surface area contributed by atoms with Gasteiger partial charge in [-0.25, -0.2) is 15.0 Å². The van der Waals surface area contributed by atoms with Crippen molar-refractivity contribution in [2.45, 2.75) is 136 Å². The summed E-state index contributed by atoms with van der Waals surface area (Å²) in [6, 6.07) is 24.1. The molecule has 15 heteroatoms. The second kappa shape index (κ2) is 24.8. The summed E-state index contributed by atoms with van der Waals surface area (Å²) in [6.07, 6.45) is 27.6. The predicted molar refractivity (Wildman–Crippen MR) is 336 cm³/mol. The van der Waals surface area contributed by atoms with Crippen LogP contribution in [0.3, 0.4) is 0 Å². The maximum absolute atomic E-state index is 13.2. The van der Waals surface area contributed by atoms with Crippen molar-refractivity contribution < 1.29 is 28.6 Å². The molecule has 5 aromatic carbocycles. The fraction of sp³-hybridized carbons (Fsp3) is 0.353. The summed E-state index contributed by atoms with van der Waals surface area (Å²) in [7, 11) is 0. The number of phenolic OH excluding ortho intramolecular Hbond substituents is 3. The SMILES string of the molecule is CCc1cc2c(=O)c(-c3ncc(C)s3)coc2c(CC2CCCCC2)c1O.O=c1c(-c2nc3ccccc3s2)coc2c(CC3CCCCC3)c(O)ccc12.O=c1c(-c2nc3ccccc3s2)coc2c(CC3CCCCC3)c(O)ccc12. The Hall–Kier alpha value is -7.46. The third kappa shape index (κ3) is 11.8. The number of hydrogen-bond acceptors (Lipinski definition) is 15. The summed E-state index contributed by atoms with van der Waals surface area (Å²) in [5, 5.41) is 35.3. The van der Waals surface area contributed by atoms with Gasteiger partial charge in [-0.05, 0) is 111 Å². The molecule has 0 bridgehead atoms. The van der Waals surface area contributed by atoms with Crippen LogP contribution < -0.4 is 16.3 Å². The molecular formula is C68H67N3O9S3. The molecule has 0 radical (unpaired) electrons. The van der Waals surface area contributed by atoms with Crippen LogP contribution in [0.4, 0.5) is 0 Å². The molecule has 3 fully saturated rings. The second-order valence-electron chi connectivity index (χ2n) is 22.8. The van der Waals surface area contributed by atoms with Gasteiger partial charge >= 0.3 is 0 Å². The summed E-state index contributed by atoms with van der Waals surface area (Å²) >= 11 is 4.47. The normalized spacial score (nSPS) is 15.4. The minimum absolute atomic E-state index is 0.0646. The van der Waals surface area contributed by atoms with Gasteiger partial charge < -0.3 is 28.6 Å². The van der Waals surface area contributed by atoms with Crippen LogP contribution in [0.25, 0.3) is 85.1 Å². The lowest BCUT2D eigenvalue weighted by Crippen LogP contribution is -2.12. The Kier molecular flexibility index (Phi) is 16.7. The Morgan fingerprint density at radius 3 is 1.33 bits per heavy atom. The number of thiazole rings is 3. The Labute approximate surface area is 492 Å². The largest absolute Gasteiger partial charge is 0.508 e. The zero-order valence-electron chi connectivity index (χ0n) is 46.8. The summed E-state index contributed by atoms with van der Waals surface area (Å²) in [5.41, 5.74) is 7.66. The van der Waals surface area contributed by atoms with Gasteiger partial charge in [-0.3, -0.25) is 14.4 Å². The number of fused-ring (bicyclic) bond motifs is 5. The van der Waals surface area contributed by atoms with Crippen molar-refractivity contribution in [1.29, 1.82) is 0 Å². The molecular weight excluding hydrogens is 1100 g/mol. The maximum atomic E-state index is 13.2.